The molecule has 0 fully saturated rings. The maximum atomic E-state index is 12.0. The van der Waals surface area contributed by atoms with Gasteiger partial charge >= 0.3 is 0 Å². The van der Waals surface area contributed by atoms with E-state index >= 15 is 0 Å². The summed E-state index contributed by atoms with van der Waals surface area (Å²) in [5, 5.41) is 6.04. The molecule has 0 aliphatic carbocycles. The van der Waals surface area contributed by atoms with Crippen LogP contribution in [0.4, 0.5) is 5.82 Å². The number of carbonyl (C=O) groups excluding carboxylic acids is 1. The summed E-state index contributed by atoms with van der Waals surface area (Å²) in [6, 6.07) is 13.0. The molecule has 6 nitrogen and oxygen atoms in total. The van der Waals surface area contributed by atoms with Crippen molar-refractivity contribution < 1.29 is 4.79 Å². The van der Waals surface area contributed by atoms with Gasteiger partial charge in [-0.3, -0.25) is 4.79 Å². The van der Waals surface area contributed by atoms with Gasteiger partial charge in [0.2, 0.25) is 0 Å². The van der Waals surface area contributed by atoms with E-state index in [-0.39, 0.29) is 5.91 Å². The van der Waals surface area contributed by atoms with Crippen LogP contribution >= 0.6 is 15.9 Å². The number of carbonyl (C=O) groups is 1. The monoisotopic (exact) mass is 385 g/mol. The van der Waals surface area contributed by atoms with Gasteiger partial charge in [-0.2, -0.15) is 0 Å². The van der Waals surface area contributed by atoms with E-state index in [9.17, 15) is 4.79 Å². The molecule has 122 valence electrons. The molecule has 0 spiro atoms. The molecule has 3 rings (SSSR count). The zero-order valence-electron chi connectivity index (χ0n) is 12.8. The highest BCUT2D eigenvalue weighted by Gasteiger charge is 2.05. The van der Waals surface area contributed by atoms with Crippen LogP contribution in [0.25, 0.3) is 5.82 Å². The minimum Gasteiger partial charge on any atom is -0.368 e. The first-order valence-electron chi connectivity index (χ1n) is 7.45. The van der Waals surface area contributed by atoms with E-state index in [1.165, 1.54) is 6.33 Å². The van der Waals surface area contributed by atoms with Crippen molar-refractivity contribution in [2.45, 2.75) is 0 Å². The van der Waals surface area contributed by atoms with Crippen LogP contribution in [0, 0.1) is 0 Å². The molecule has 2 aromatic heterocycles. The lowest BCUT2D eigenvalue weighted by Crippen LogP contribution is -2.28. The number of amides is 1. The first kappa shape index (κ1) is 16.2. The van der Waals surface area contributed by atoms with E-state index in [1.807, 2.05) is 47.3 Å². The standard InChI is InChI=1S/C17H16BrN5O/c18-14-5-3-4-13(10-14)17(24)20-7-6-19-15-11-16(22-12-21-15)23-8-1-2-9-23/h1-5,8-12H,6-7H2,(H,20,24)(H,19,21,22). The lowest BCUT2D eigenvalue weighted by Gasteiger charge is -2.09. The first-order chi connectivity index (χ1) is 11.7. The highest BCUT2D eigenvalue weighted by atomic mass is 79.9. The van der Waals surface area contributed by atoms with Gasteiger partial charge in [-0.05, 0) is 30.3 Å². The number of anilines is 1. The molecule has 0 aliphatic heterocycles. The summed E-state index contributed by atoms with van der Waals surface area (Å²) in [5.41, 5.74) is 0.626. The fourth-order valence-electron chi connectivity index (χ4n) is 2.17. The van der Waals surface area contributed by atoms with Crippen molar-refractivity contribution in [3.63, 3.8) is 0 Å². The second kappa shape index (κ2) is 7.74. The van der Waals surface area contributed by atoms with Crippen LogP contribution in [0.15, 0.2) is 65.7 Å². The SMILES string of the molecule is O=C(NCCNc1cc(-n2cccc2)ncn1)c1cccc(Br)c1. The van der Waals surface area contributed by atoms with E-state index in [2.05, 4.69) is 36.5 Å². The van der Waals surface area contributed by atoms with E-state index in [0.717, 1.165) is 10.3 Å². The molecular weight excluding hydrogens is 370 g/mol. The van der Waals surface area contributed by atoms with Gasteiger partial charge in [-0.25, -0.2) is 9.97 Å². The summed E-state index contributed by atoms with van der Waals surface area (Å²) < 4.78 is 2.79. The van der Waals surface area contributed by atoms with Crippen molar-refractivity contribution in [2.24, 2.45) is 0 Å². The van der Waals surface area contributed by atoms with Crippen LogP contribution in [0.5, 0.6) is 0 Å². The van der Waals surface area contributed by atoms with Crippen LogP contribution in [0.2, 0.25) is 0 Å². The third kappa shape index (κ3) is 4.20. The van der Waals surface area contributed by atoms with Crippen LogP contribution in [-0.2, 0) is 0 Å². The molecular formula is C17H16BrN5O. The summed E-state index contributed by atoms with van der Waals surface area (Å²) in [7, 11) is 0. The highest BCUT2D eigenvalue weighted by molar-refractivity contribution is 9.10. The Balaban J connectivity index is 1.50. The zero-order chi connectivity index (χ0) is 16.8. The number of nitrogens with one attached hydrogen (secondary N) is 2. The van der Waals surface area contributed by atoms with Crippen molar-refractivity contribution in [2.75, 3.05) is 18.4 Å². The number of halogens is 1. The first-order valence-corrected chi connectivity index (χ1v) is 8.25. The number of benzene rings is 1. The molecule has 0 aliphatic rings. The van der Waals surface area contributed by atoms with Gasteiger partial charge in [-0.15, -0.1) is 0 Å². The quantitative estimate of drug-likeness (QED) is 0.639. The minimum absolute atomic E-state index is 0.103. The van der Waals surface area contributed by atoms with Crippen LogP contribution < -0.4 is 10.6 Å². The largest absolute Gasteiger partial charge is 0.368 e. The molecule has 0 unspecified atom stereocenters. The number of rotatable bonds is 6. The van der Waals surface area contributed by atoms with Gasteiger partial charge in [0, 0.05) is 41.6 Å². The van der Waals surface area contributed by atoms with Gasteiger partial charge in [0.1, 0.15) is 18.0 Å². The maximum absolute atomic E-state index is 12.0. The van der Waals surface area contributed by atoms with E-state index in [0.29, 0.717) is 24.5 Å². The Morgan fingerprint density at radius 1 is 1.08 bits per heavy atom. The van der Waals surface area contributed by atoms with Crippen LogP contribution in [0.1, 0.15) is 10.4 Å². The molecule has 2 heterocycles. The number of hydrogen-bond acceptors (Lipinski definition) is 4. The average molecular weight is 386 g/mol. The summed E-state index contributed by atoms with van der Waals surface area (Å²) in [5.74, 6) is 1.40. The second-order valence-corrected chi connectivity index (χ2v) is 5.96. The highest BCUT2D eigenvalue weighted by Crippen LogP contribution is 2.11. The Hall–Kier alpha value is -2.67. The molecule has 1 aromatic carbocycles. The summed E-state index contributed by atoms with van der Waals surface area (Å²) in [6.45, 7) is 1.07. The Kier molecular flexibility index (Phi) is 5.22. The molecule has 1 amide bonds. The Morgan fingerprint density at radius 3 is 2.71 bits per heavy atom. The summed E-state index contributed by atoms with van der Waals surface area (Å²) in [6.07, 6.45) is 5.35. The fraction of sp³-hybridized carbons (Fsp3) is 0.118. The Morgan fingerprint density at radius 2 is 1.92 bits per heavy atom. The van der Waals surface area contributed by atoms with Crippen LogP contribution in [0.3, 0.4) is 0 Å². The topological polar surface area (TPSA) is 71.8 Å². The Labute approximate surface area is 148 Å². The smallest absolute Gasteiger partial charge is 0.251 e. The van der Waals surface area contributed by atoms with Gasteiger partial charge in [-0.1, -0.05) is 22.0 Å². The zero-order valence-corrected chi connectivity index (χ0v) is 14.4. The van der Waals surface area contributed by atoms with E-state index in [4.69, 9.17) is 0 Å². The van der Waals surface area contributed by atoms with Gasteiger partial charge in [0.25, 0.3) is 5.91 Å². The van der Waals surface area contributed by atoms with Gasteiger partial charge in [0.05, 0.1) is 0 Å². The fourth-order valence-corrected chi connectivity index (χ4v) is 2.57. The van der Waals surface area contributed by atoms with Crippen molar-refractivity contribution in [3.8, 4) is 5.82 Å². The van der Waals surface area contributed by atoms with E-state index in [1.54, 1.807) is 12.1 Å². The second-order valence-electron chi connectivity index (χ2n) is 5.04. The molecule has 0 bridgehead atoms. The molecule has 0 saturated heterocycles. The van der Waals surface area contributed by atoms with Crippen molar-refractivity contribution in [1.29, 1.82) is 0 Å². The number of nitrogens with zero attached hydrogens (tertiary/aromatic N) is 3. The predicted octanol–water partition coefficient (Wildman–Crippen LogP) is 2.87. The summed E-state index contributed by atoms with van der Waals surface area (Å²) >= 11 is 3.36. The molecule has 7 heteroatoms. The number of aromatic nitrogens is 3. The lowest BCUT2D eigenvalue weighted by molar-refractivity contribution is 0.0955. The molecule has 2 N–H and O–H groups in total. The molecule has 0 saturated carbocycles. The molecule has 0 radical (unpaired) electrons. The third-order valence-corrected chi connectivity index (χ3v) is 3.82. The van der Waals surface area contributed by atoms with Gasteiger partial charge in [0.15, 0.2) is 0 Å². The lowest BCUT2D eigenvalue weighted by atomic mass is 10.2. The molecule has 24 heavy (non-hydrogen) atoms. The average Bonchev–Trinajstić information content (AvgIpc) is 3.13. The maximum Gasteiger partial charge on any atom is 0.251 e. The normalized spacial score (nSPS) is 10.4. The number of hydrogen-bond donors (Lipinski definition) is 2. The van der Waals surface area contributed by atoms with Crippen molar-refractivity contribution in [3.05, 3.63) is 71.2 Å². The van der Waals surface area contributed by atoms with Crippen molar-refractivity contribution in [1.82, 2.24) is 19.9 Å². The van der Waals surface area contributed by atoms with E-state index < -0.39 is 0 Å². The Bertz CT molecular complexity index is 819. The minimum atomic E-state index is -0.103. The molecule has 3 aromatic rings. The molecule has 0 atom stereocenters. The third-order valence-electron chi connectivity index (χ3n) is 3.33. The summed E-state index contributed by atoms with van der Waals surface area (Å²) in [4.78, 5) is 20.4. The van der Waals surface area contributed by atoms with Gasteiger partial charge < -0.3 is 15.2 Å². The van der Waals surface area contributed by atoms with Crippen molar-refractivity contribution >= 4 is 27.7 Å². The predicted molar refractivity (Wildman–Crippen MR) is 96.3 cm³/mol. The van der Waals surface area contributed by atoms with Crippen LogP contribution in [-0.4, -0.2) is 33.5 Å².